The standard InChI is InChI=1S/C27H28N2O3/c1-21-9-8-14-25(29-16-15-28(19-29)20-30)27(32-18-23-12-6-3-7-13-23)26(31)24(21)17-22-10-4-2-5-11-22/h2-8,10-14,17,20-21H,9,15-16,18-19H2,1H3/b14-8+,24-17?,27-25-. The molecule has 1 atom stereocenters. The van der Waals surface area contributed by atoms with E-state index in [1.807, 2.05) is 77.7 Å². The topological polar surface area (TPSA) is 49.9 Å². The van der Waals surface area contributed by atoms with Crippen LogP contribution in [0.4, 0.5) is 0 Å². The summed E-state index contributed by atoms with van der Waals surface area (Å²) in [6.07, 6.45) is 7.65. The van der Waals surface area contributed by atoms with Gasteiger partial charge in [0.05, 0.1) is 12.4 Å². The molecule has 2 aliphatic rings. The Morgan fingerprint density at radius 1 is 1.03 bits per heavy atom. The molecule has 1 amide bonds. The third kappa shape index (κ3) is 4.99. The zero-order chi connectivity index (χ0) is 22.3. The van der Waals surface area contributed by atoms with Crippen LogP contribution < -0.4 is 0 Å². The van der Waals surface area contributed by atoms with Crippen molar-refractivity contribution >= 4 is 18.3 Å². The number of benzene rings is 2. The van der Waals surface area contributed by atoms with Crippen LogP contribution in [-0.2, 0) is 20.9 Å². The summed E-state index contributed by atoms with van der Waals surface area (Å²) in [5.41, 5.74) is 3.45. The minimum atomic E-state index is -0.0961. The third-order valence-electron chi connectivity index (χ3n) is 5.84. The molecule has 0 spiro atoms. The number of amides is 1. The van der Waals surface area contributed by atoms with Crippen LogP contribution in [-0.4, -0.2) is 41.8 Å². The van der Waals surface area contributed by atoms with E-state index in [1.54, 1.807) is 4.90 Å². The largest absolute Gasteiger partial charge is 0.483 e. The van der Waals surface area contributed by atoms with E-state index >= 15 is 0 Å². The van der Waals surface area contributed by atoms with Gasteiger partial charge in [-0.1, -0.05) is 73.7 Å². The molecule has 0 N–H and O–H groups in total. The van der Waals surface area contributed by atoms with Crippen LogP contribution >= 0.6 is 0 Å². The van der Waals surface area contributed by atoms with Gasteiger partial charge >= 0.3 is 0 Å². The van der Waals surface area contributed by atoms with E-state index in [4.69, 9.17) is 4.74 Å². The van der Waals surface area contributed by atoms with Gasteiger partial charge < -0.3 is 14.5 Å². The van der Waals surface area contributed by atoms with Crippen molar-refractivity contribution in [1.82, 2.24) is 9.80 Å². The maximum absolute atomic E-state index is 13.9. The molecule has 1 unspecified atom stereocenters. The summed E-state index contributed by atoms with van der Waals surface area (Å²) in [5, 5.41) is 0. The first-order valence-corrected chi connectivity index (χ1v) is 11.0. The van der Waals surface area contributed by atoms with Gasteiger partial charge in [-0.3, -0.25) is 9.59 Å². The zero-order valence-corrected chi connectivity index (χ0v) is 18.3. The fourth-order valence-electron chi connectivity index (χ4n) is 4.01. The Bertz CT molecular complexity index is 1040. The van der Waals surface area contributed by atoms with Crippen molar-refractivity contribution < 1.29 is 14.3 Å². The van der Waals surface area contributed by atoms with Crippen LogP contribution in [0.15, 0.2) is 89.8 Å². The smallest absolute Gasteiger partial charge is 0.226 e. The number of ether oxygens (including phenoxy) is 1. The van der Waals surface area contributed by atoms with Crippen molar-refractivity contribution in [3.63, 3.8) is 0 Å². The van der Waals surface area contributed by atoms with Gasteiger partial charge in [0.1, 0.15) is 6.61 Å². The summed E-state index contributed by atoms with van der Waals surface area (Å²) >= 11 is 0. The number of carbonyl (C=O) groups excluding carboxylic acids is 2. The lowest BCUT2D eigenvalue weighted by Gasteiger charge is -2.26. The molecule has 1 heterocycles. The molecule has 32 heavy (non-hydrogen) atoms. The molecule has 1 saturated heterocycles. The van der Waals surface area contributed by atoms with Crippen LogP contribution in [0.25, 0.3) is 6.08 Å². The molecule has 0 saturated carbocycles. The molecular weight excluding hydrogens is 400 g/mol. The van der Waals surface area contributed by atoms with E-state index in [2.05, 4.69) is 13.0 Å². The number of carbonyl (C=O) groups is 2. The molecular formula is C27H28N2O3. The van der Waals surface area contributed by atoms with E-state index in [1.165, 1.54) is 0 Å². The number of nitrogens with zero attached hydrogens (tertiary/aromatic N) is 2. The summed E-state index contributed by atoms with van der Waals surface area (Å²) in [4.78, 5) is 28.9. The highest BCUT2D eigenvalue weighted by Crippen LogP contribution is 2.30. The molecule has 1 aliphatic heterocycles. The average molecular weight is 429 g/mol. The Morgan fingerprint density at radius 3 is 2.44 bits per heavy atom. The fourth-order valence-corrected chi connectivity index (χ4v) is 4.01. The van der Waals surface area contributed by atoms with Crippen LogP contribution in [0.2, 0.25) is 0 Å². The minimum Gasteiger partial charge on any atom is -0.483 e. The van der Waals surface area contributed by atoms with Crippen molar-refractivity contribution in [3.8, 4) is 0 Å². The van der Waals surface area contributed by atoms with Crippen molar-refractivity contribution in [2.75, 3.05) is 19.8 Å². The maximum atomic E-state index is 13.9. The maximum Gasteiger partial charge on any atom is 0.226 e. The van der Waals surface area contributed by atoms with E-state index in [0.29, 0.717) is 32.1 Å². The summed E-state index contributed by atoms with van der Waals surface area (Å²) in [7, 11) is 0. The highest BCUT2D eigenvalue weighted by Gasteiger charge is 2.30. The Kier molecular flexibility index (Phi) is 6.85. The lowest BCUT2D eigenvalue weighted by atomic mass is 9.89. The van der Waals surface area contributed by atoms with E-state index < -0.39 is 0 Å². The van der Waals surface area contributed by atoms with Crippen LogP contribution in [0.1, 0.15) is 24.5 Å². The highest BCUT2D eigenvalue weighted by molar-refractivity contribution is 6.10. The Morgan fingerprint density at radius 2 is 1.75 bits per heavy atom. The predicted molar refractivity (Wildman–Crippen MR) is 125 cm³/mol. The number of Topliss-reactive ketones (excluding diaryl/α,β-unsaturated/α-hetero) is 1. The van der Waals surface area contributed by atoms with Gasteiger partial charge in [0, 0.05) is 18.7 Å². The van der Waals surface area contributed by atoms with E-state index in [9.17, 15) is 9.59 Å². The summed E-state index contributed by atoms with van der Waals surface area (Å²) < 4.78 is 6.22. The van der Waals surface area contributed by atoms with Gasteiger partial charge in [0.25, 0.3) is 0 Å². The van der Waals surface area contributed by atoms with Crippen molar-refractivity contribution in [2.45, 2.75) is 20.0 Å². The molecule has 0 bridgehead atoms. The second-order valence-electron chi connectivity index (χ2n) is 8.19. The first kappa shape index (κ1) is 21.6. The van der Waals surface area contributed by atoms with E-state index in [0.717, 1.165) is 35.2 Å². The molecule has 5 heteroatoms. The second kappa shape index (κ2) is 10.1. The molecule has 2 aromatic rings. The molecule has 5 nitrogen and oxygen atoms in total. The molecule has 0 aromatic heterocycles. The quantitative estimate of drug-likeness (QED) is 0.506. The first-order valence-electron chi connectivity index (χ1n) is 11.0. The highest BCUT2D eigenvalue weighted by atomic mass is 16.5. The molecule has 4 rings (SSSR count). The van der Waals surface area contributed by atoms with Crippen molar-refractivity contribution in [2.24, 2.45) is 5.92 Å². The SMILES string of the molecule is CC1C/C=C/C(N2CCN(C=O)C2)=C(/OCc2ccccc2)C(=O)C1=Cc1ccccc1. The monoisotopic (exact) mass is 428 g/mol. The lowest BCUT2D eigenvalue weighted by Crippen LogP contribution is -2.28. The van der Waals surface area contributed by atoms with Gasteiger partial charge in [-0.05, 0) is 35.6 Å². The zero-order valence-electron chi connectivity index (χ0n) is 18.3. The summed E-state index contributed by atoms with van der Waals surface area (Å²) in [6, 6.07) is 19.7. The van der Waals surface area contributed by atoms with Gasteiger partial charge in [0.15, 0.2) is 5.76 Å². The number of allylic oxidation sites excluding steroid dienone is 3. The minimum absolute atomic E-state index is 0.0564. The van der Waals surface area contributed by atoms with Gasteiger partial charge in [0.2, 0.25) is 12.2 Å². The number of rotatable bonds is 6. The molecule has 1 fully saturated rings. The van der Waals surface area contributed by atoms with Gasteiger partial charge in [-0.15, -0.1) is 0 Å². The fraction of sp³-hybridized carbons (Fsp3) is 0.259. The number of hydrogen-bond donors (Lipinski definition) is 0. The summed E-state index contributed by atoms with van der Waals surface area (Å²) in [6.45, 7) is 4.11. The molecule has 0 radical (unpaired) electrons. The third-order valence-corrected chi connectivity index (χ3v) is 5.84. The number of hydrogen-bond acceptors (Lipinski definition) is 4. The van der Waals surface area contributed by atoms with Gasteiger partial charge in [-0.2, -0.15) is 0 Å². The Hall–Kier alpha value is -3.60. The van der Waals surface area contributed by atoms with Crippen LogP contribution in [0.5, 0.6) is 0 Å². The summed E-state index contributed by atoms with van der Waals surface area (Å²) in [5.74, 6) is 0.300. The van der Waals surface area contributed by atoms with Crippen LogP contribution in [0, 0.1) is 5.92 Å². The molecule has 2 aromatic carbocycles. The van der Waals surface area contributed by atoms with Crippen molar-refractivity contribution in [1.29, 1.82) is 0 Å². The molecule has 164 valence electrons. The van der Waals surface area contributed by atoms with Crippen molar-refractivity contribution in [3.05, 3.63) is 101 Å². The number of ketones is 1. The van der Waals surface area contributed by atoms with E-state index in [-0.39, 0.29) is 11.7 Å². The second-order valence-corrected chi connectivity index (χ2v) is 8.19. The van der Waals surface area contributed by atoms with Gasteiger partial charge in [-0.25, -0.2) is 0 Å². The average Bonchev–Trinajstić information content (AvgIpc) is 3.31. The molecule has 1 aliphatic carbocycles. The lowest BCUT2D eigenvalue weighted by molar-refractivity contribution is -0.117. The first-order chi connectivity index (χ1) is 15.7. The Labute approximate surface area is 189 Å². The normalized spacial score (nSPS) is 23.7. The van der Waals surface area contributed by atoms with Crippen LogP contribution in [0.3, 0.4) is 0 Å². The predicted octanol–water partition coefficient (Wildman–Crippen LogP) is 4.40. The Balaban J connectivity index is 1.73.